The molecule has 1 amide bonds. The molecule has 2 aromatic carbocycles. The van der Waals surface area contributed by atoms with Crippen LogP contribution in [0.15, 0.2) is 60.8 Å². The van der Waals surface area contributed by atoms with Crippen molar-refractivity contribution in [1.29, 1.82) is 0 Å². The van der Waals surface area contributed by atoms with Crippen LogP contribution in [0.2, 0.25) is 5.02 Å². The highest BCUT2D eigenvalue weighted by atomic mass is 35.5. The molecule has 1 heterocycles. The summed E-state index contributed by atoms with van der Waals surface area (Å²) in [5.74, 6) is -0.518. The zero-order valence-corrected chi connectivity index (χ0v) is 14.7. The maximum absolute atomic E-state index is 12.9. The molecule has 126 valence electrons. The second-order valence-corrected chi connectivity index (χ2v) is 6.86. The normalized spacial score (nSPS) is 11.0. The fourth-order valence-corrected chi connectivity index (χ4v) is 3.23. The molecule has 3 rings (SSSR count). The lowest BCUT2D eigenvalue weighted by Crippen LogP contribution is -2.07. The van der Waals surface area contributed by atoms with Crippen LogP contribution >= 0.6 is 22.9 Å². The van der Waals surface area contributed by atoms with Gasteiger partial charge in [0.25, 0.3) is 0 Å². The number of benzene rings is 2. The standard InChI is InChI=1S/C19H14ClFN2OS/c20-15-3-1-2-13(10-15)6-9-18(24)23-19-22-12-17(25-19)11-14-4-7-16(21)8-5-14/h1-10,12H,11H2,(H,22,23,24). The average Bonchev–Trinajstić information content (AvgIpc) is 3.02. The molecule has 25 heavy (non-hydrogen) atoms. The molecular formula is C19H14ClFN2OS. The van der Waals surface area contributed by atoms with Crippen LogP contribution in [0, 0.1) is 5.82 Å². The smallest absolute Gasteiger partial charge is 0.250 e. The van der Waals surface area contributed by atoms with Gasteiger partial charge in [0.2, 0.25) is 5.91 Å². The van der Waals surface area contributed by atoms with E-state index in [0.717, 1.165) is 16.0 Å². The van der Waals surface area contributed by atoms with E-state index in [-0.39, 0.29) is 11.7 Å². The van der Waals surface area contributed by atoms with Gasteiger partial charge in [-0.3, -0.25) is 10.1 Å². The number of hydrogen-bond donors (Lipinski definition) is 1. The van der Waals surface area contributed by atoms with Crippen LogP contribution in [-0.4, -0.2) is 10.9 Å². The Morgan fingerprint density at radius 2 is 2.04 bits per heavy atom. The van der Waals surface area contributed by atoms with Gasteiger partial charge in [-0.1, -0.05) is 35.9 Å². The Balaban J connectivity index is 1.59. The largest absolute Gasteiger partial charge is 0.298 e. The molecule has 0 atom stereocenters. The molecule has 3 aromatic rings. The van der Waals surface area contributed by atoms with Gasteiger partial charge in [-0.15, -0.1) is 11.3 Å². The predicted molar refractivity (Wildman–Crippen MR) is 100 cm³/mol. The Bertz CT molecular complexity index is 906. The molecule has 0 bridgehead atoms. The van der Waals surface area contributed by atoms with Crippen molar-refractivity contribution in [2.24, 2.45) is 0 Å². The topological polar surface area (TPSA) is 42.0 Å². The molecule has 0 aliphatic rings. The van der Waals surface area contributed by atoms with E-state index in [9.17, 15) is 9.18 Å². The summed E-state index contributed by atoms with van der Waals surface area (Å²) >= 11 is 7.30. The Kier molecular flexibility index (Phi) is 5.58. The highest BCUT2D eigenvalue weighted by Crippen LogP contribution is 2.21. The van der Waals surface area contributed by atoms with Crippen molar-refractivity contribution in [3.8, 4) is 0 Å². The van der Waals surface area contributed by atoms with Gasteiger partial charge in [0.15, 0.2) is 5.13 Å². The second-order valence-electron chi connectivity index (χ2n) is 5.31. The minimum atomic E-state index is -0.261. The van der Waals surface area contributed by atoms with E-state index in [0.29, 0.717) is 16.6 Å². The van der Waals surface area contributed by atoms with Crippen molar-refractivity contribution in [3.63, 3.8) is 0 Å². The molecule has 0 aliphatic carbocycles. The number of thiazole rings is 1. The maximum atomic E-state index is 12.9. The molecule has 1 aromatic heterocycles. The van der Waals surface area contributed by atoms with Gasteiger partial charge in [0, 0.05) is 28.6 Å². The SMILES string of the molecule is O=C(C=Cc1cccc(Cl)c1)Nc1ncc(Cc2ccc(F)cc2)s1. The first-order chi connectivity index (χ1) is 12.1. The Morgan fingerprint density at radius 3 is 2.80 bits per heavy atom. The van der Waals surface area contributed by atoms with Crippen LogP contribution in [0.4, 0.5) is 9.52 Å². The van der Waals surface area contributed by atoms with E-state index in [1.165, 1.54) is 29.5 Å². The van der Waals surface area contributed by atoms with Crippen molar-refractivity contribution in [1.82, 2.24) is 4.98 Å². The Morgan fingerprint density at radius 1 is 1.24 bits per heavy atom. The van der Waals surface area contributed by atoms with Gasteiger partial charge in [0.1, 0.15) is 5.82 Å². The molecule has 0 unspecified atom stereocenters. The van der Waals surface area contributed by atoms with Crippen LogP contribution in [-0.2, 0) is 11.2 Å². The molecule has 0 spiro atoms. The number of anilines is 1. The third-order valence-electron chi connectivity index (χ3n) is 3.35. The number of nitrogens with zero attached hydrogens (tertiary/aromatic N) is 1. The van der Waals surface area contributed by atoms with Gasteiger partial charge in [-0.25, -0.2) is 9.37 Å². The Labute approximate surface area is 153 Å². The predicted octanol–water partition coefficient (Wildman–Crippen LogP) is 5.18. The third-order valence-corrected chi connectivity index (χ3v) is 4.50. The summed E-state index contributed by atoms with van der Waals surface area (Å²) in [5.41, 5.74) is 1.84. The quantitative estimate of drug-likeness (QED) is 0.627. The number of carbonyl (C=O) groups is 1. The summed E-state index contributed by atoms with van der Waals surface area (Å²) in [4.78, 5) is 17.2. The zero-order chi connectivity index (χ0) is 17.6. The molecular weight excluding hydrogens is 359 g/mol. The number of hydrogen-bond acceptors (Lipinski definition) is 3. The van der Waals surface area contributed by atoms with E-state index in [1.807, 2.05) is 12.1 Å². The van der Waals surface area contributed by atoms with E-state index in [2.05, 4.69) is 10.3 Å². The number of amides is 1. The molecule has 0 fully saturated rings. The van der Waals surface area contributed by atoms with Gasteiger partial charge in [-0.05, 0) is 41.5 Å². The van der Waals surface area contributed by atoms with Crippen molar-refractivity contribution in [2.45, 2.75) is 6.42 Å². The first kappa shape index (κ1) is 17.3. The van der Waals surface area contributed by atoms with Crippen molar-refractivity contribution in [3.05, 3.63) is 87.6 Å². The number of rotatable bonds is 5. The summed E-state index contributed by atoms with van der Waals surface area (Å²) in [6, 6.07) is 13.6. The molecule has 0 radical (unpaired) electrons. The molecule has 0 saturated heterocycles. The maximum Gasteiger partial charge on any atom is 0.250 e. The molecule has 3 nitrogen and oxygen atoms in total. The number of carbonyl (C=O) groups excluding carboxylic acids is 1. The van der Waals surface area contributed by atoms with Crippen molar-refractivity contribution < 1.29 is 9.18 Å². The highest BCUT2D eigenvalue weighted by Gasteiger charge is 2.05. The monoisotopic (exact) mass is 372 g/mol. The third kappa shape index (κ3) is 5.24. The summed E-state index contributed by atoms with van der Waals surface area (Å²) in [6.07, 6.45) is 5.48. The average molecular weight is 373 g/mol. The van der Waals surface area contributed by atoms with Crippen LogP contribution in [0.1, 0.15) is 16.0 Å². The number of aromatic nitrogens is 1. The van der Waals surface area contributed by atoms with Gasteiger partial charge >= 0.3 is 0 Å². The zero-order valence-electron chi connectivity index (χ0n) is 13.1. The van der Waals surface area contributed by atoms with E-state index >= 15 is 0 Å². The minimum absolute atomic E-state index is 0.257. The van der Waals surface area contributed by atoms with Crippen molar-refractivity contribution in [2.75, 3.05) is 5.32 Å². The lowest BCUT2D eigenvalue weighted by atomic mass is 10.1. The van der Waals surface area contributed by atoms with Crippen molar-refractivity contribution >= 4 is 40.1 Å². The van der Waals surface area contributed by atoms with Crippen LogP contribution in [0.25, 0.3) is 6.08 Å². The summed E-state index contributed by atoms with van der Waals surface area (Å²) in [5, 5.41) is 3.87. The molecule has 6 heteroatoms. The van der Waals surface area contributed by atoms with Crippen LogP contribution < -0.4 is 5.32 Å². The van der Waals surface area contributed by atoms with Gasteiger partial charge in [-0.2, -0.15) is 0 Å². The van der Waals surface area contributed by atoms with Crippen LogP contribution in [0.3, 0.4) is 0 Å². The first-order valence-corrected chi connectivity index (χ1v) is 8.72. The summed E-state index contributed by atoms with van der Waals surface area (Å²) < 4.78 is 12.9. The highest BCUT2D eigenvalue weighted by molar-refractivity contribution is 7.15. The lowest BCUT2D eigenvalue weighted by Gasteiger charge is -1.98. The fourth-order valence-electron chi connectivity index (χ4n) is 2.18. The molecule has 0 aliphatic heterocycles. The second kappa shape index (κ2) is 8.05. The minimum Gasteiger partial charge on any atom is -0.298 e. The Hall–Kier alpha value is -2.50. The lowest BCUT2D eigenvalue weighted by molar-refractivity contribution is -0.111. The fraction of sp³-hybridized carbons (Fsp3) is 0.0526. The number of halogens is 2. The van der Waals surface area contributed by atoms with Gasteiger partial charge in [0.05, 0.1) is 0 Å². The van der Waals surface area contributed by atoms with E-state index in [1.54, 1.807) is 36.5 Å². The number of nitrogens with one attached hydrogen (secondary N) is 1. The summed E-state index contributed by atoms with van der Waals surface area (Å²) in [7, 11) is 0. The van der Waals surface area contributed by atoms with Gasteiger partial charge < -0.3 is 0 Å². The summed E-state index contributed by atoms with van der Waals surface area (Å²) in [6.45, 7) is 0. The van der Waals surface area contributed by atoms with E-state index in [4.69, 9.17) is 11.6 Å². The van der Waals surface area contributed by atoms with Crippen LogP contribution in [0.5, 0.6) is 0 Å². The van der Waals surface area contributed by atoms with E-state index < -0.39 is 0 Å². The molecule has 0 saturated carbocycles. The first-order valence-electron chi connectivity index (χ1n) is 7.52. The molecule has 1 N–H and O–H groups in total.